The molecule has 0 saturated heterocycles. The number of nitrogens with one attached hydrogen (secondary N) is 1. The van der Waals surface area contributed by atoms with Crippen molar-refractivity contribution in [2.75, 3.05) is 24.3 Å². The lowest BCUT2D eigenvalue weighted by Crippen LogP contribution is -2.19. The second kappa shape index (κ2) is 12.1. The number of aliphatic hydroxyl groups excluding tert-OH is 1. The highest BCUT2D eigenvalue weighted by molar-refractivity contribution is 6.03. The number of allylic oxidation sites excluding steroid dienone is 2. The minimum absolute atomic E-state index is 0.0317. The van der Waals surface area contributed by atoms with E-state index in [9.17, 15) is 9.59 Å². The molecule has 0 aliphatic rings. The van der Waals surface area contributed by atoms with Gasteiger partial charge >= 0.3 is 0 Å². The average Bonchev–Trinajstić information content (AvgIpc) is 3.63. The number of benzene rings is 2. The molecule has 0 saturated carbocycles. The summed E-state index contributed by atoms with van der Waals surface area (Å²) in [6.07, 6.45) is 4.29. The molecule has 2 amide bonds. The Morgan fingerprint density at radius 1 is 1.07 bits per heavy atom. The van der Waals surface area contributed by atoms with Crippen LogP contribution in [0.3, 0.4) is 0 Å². The Hall–Kier alpha value is -5.17. The predicted octanol–water partition coefficient (Wildman–Crippen LogP) is 2.86. The van der Waals surface area contributed by atoms with Crippen LogP contribution in [0.5, 0.6) is 5.75 Å². The van der Waals surface area contributed by atoms with Crippen LogP contribution in [0.4, 0.5) is 11.9 Å². The third kappa shape index (κ3) is 5.67. The minimum Gasteiger partial charge on any atom is -0.491 e. The van der Waals surface area contributed by atoms with Crippen molar-refractivity contribution in [1.82, 2.24) is 28.9 Å². The number of primary amides is 1. The number of aliphatic hydroxyl groups is 1. The van der Waals surface area contributed by atoms with E-state index in [4.69, 9.17) is 21.3 Å². The zero-order valence-corrected chi connectivity index (χ0v) is 23.4. The van der Waals surface area contributed by atoms with E-state index in [2.05, 4.69) is 20.4 Å². The molecule has 0 atom stereocenters. The van der Waals surface area contributed by atoms with Gasteiger partial charge in [-0.25, -0.2) is 9.97 Å². The number of nitrogen functional groups attached to an aromatic ring is 1. The topological polar surface area (TPSA) is 181 Å². The Morgan fingerprint density at radius 2 is 1.83 bits per heavy atom. The molecule has 3 aromatic heterocycles. The second-order valence-corrected chi connectivity index (χ2v) is 9.66. The van der Waals surface area contributed by atoms with E-state index >= 15 is 0 Å². The van der Waals surface area contributed by atoms with Crippen LogP contribution < -0.4 is 21.5 Å². The van der Waals surface area contributed by atoms with E-state index in [0.717, 1.165) is 16.7 Å². The Bertz CT molecular complexity index is 1800. The number of nitrogens with zero attached hydrogens (tertiary/aromatic N) is 6. The number of hydrogen-bond acceptors (Lipinski definition) is 8. The number of aromatic nitrogens is 6. The molecule has 0 unspecified atom stereocenters. The van der Waals surface area contributed by atoms with Gasteiger partial charge in [0.25, 0.3) is 5.91 Å². The summed E-state index contributed by atoms with van der Waals surface area (Å²) in [5.74, 6) is 0.159. The maximum absolute atomic E-state index is 13.2. The fourth-order valence-electron chi connectivity index (χ4n) is 4.78. The largest absolute Gasteiger partial charge is 0.491 e. The van der Waals surface area contributed by atoms with E-state index in [-0.39, 0.29) is 30.6 Å². The van der Waals surface area contributed by atoms with Crippen molar-refractivity contribution in [3.8, 4) is 5.75 Å². The van der Waals surface area contributed by atoms with Crippen molar-refractivity contribution in [2.45, 2.75) is 39.9 Å². The fraction of sp³-hybridized carbons (Fsp3) is 0.276. The van der Waals surface area contributed by atoms with Crippen molar-refractivity contribution in [1.29, 1.82) is 0 Å². The van der Waals surface area contributed by atoms with Crippen LogP contribution in [0.15, 0.2) is 54.6 Å². The van der Waals surface area contributed by atoms with Crippen LogP contribution >= 0.6 is 0 Å². The van der Waals surface area contributed by atoms with Gasteiger partial charge in [-0.3, -0.25) is 19.6 Å². The van der Waals surface area contributed by atoms with Gasteiger partial charge in [-0.2, -0.15) is 5.10 Å². The molecule has 13 nitrogen and oxygen atoms in total. The third-order valence-corrected chi connectivity index (χ3v) is 6.74. The fourth-order valence-corrected chi connectivity index (χ4v) is 4.78. The van der Waals surface area contributed by atoms with E-state index < -0.39 is 5.91 Å². The highest BCUT2D eigenvalue weighted by atomic mass is 16.5. The van der Waals surface area contributed by atoms with Gasteiger partial charge < -0.3 is 30.4 Å². The quantitative estimate of drug-likeness (QED) is 0.130. The summed E-state index contributed by atoms with van der Waals surface area (Å²) >= 11 is 0. The summed E-state index contributed by atoms with van der Waals surface area (Å²) in [5.41, 5.74) is 15.9. The van der Waals surface area contributed by atoms with Gasteiger partial charge in [0.05, 0.1) is 28.9 Å². The zero-order chi connectivity index (χ0) is 29.8. The monoisotopic (exact) mass is 571 g/mol. The number of aryl methyl sites for hydroxylation is 2. The number of nitrogens with two attached hydrogens (primary N) is 2. The first kappa shape index (κ1) is 28.4. The molecule has 6 N–H and O–H groups in total. The molecule has 0 bridgehead atoms. The van der Waals surface area contributed by atoms with E-state index in [0.29, 0.717) is 54.5 Å². The molecule has 0 aliphatic carbocycles. The highest BCUT2D eigenvalue weighted by Gasteiger charge is 2.19. The van der Waals surface area contributed by atoms with Gasteiger partial charge in [-0.05, 0) is 44.2 Å². The number of imidazole rings is 2. The number of carbonyl (C=O) groups excluding carboxylic acids is 2. The molecule has 3 heterocycles. The molecule has 2 aromatic carbocycles. The number of amides is 2. The van der Waals surface area contributed by atoms with Gasteiger partial charge in [-0.1, -0.05) is 24.3 Å². The smallest absolute Gasteiger partial charge is 0.276 e. The van der Waals surface area contributed by atoms with Crippen LogP contribution in [-0.2, 0) is 19.6 Å². The summed E-state index contributed by atoms with van der Waals surface area (Å²) in [6.45, 7) is 5.34. The van der Waals surface area contributed by atoms with Crippen LogP contribution in [0.1, 0.15) is 39.9 Å². The average molecular weight is 572 g/mol. The van der Waals surface area contributed by atoms with Gasteiger partial charge in [0, 0.05) is 38.2 Å². The number of fused-ring (bicyclic) bond motifs is 2. The van der Waals surface area contributed by atoms with E-state index in [1.54, 1.807) is 27.4 Å². The maximum atomic E-state index is 13.2. The molecule has 42 heavy (non-hydrogen) atoms. The van der Waals surface area contributed by atoms with E-state index in [1.165, 1.54) is 0 Å². The lowest BCUT2D eigenvalue weighted by molar-refractivity contribution is 0.0995. The molecule has 0 radical (unpaired) electrons. The van der Waals surface area contributed by atoms with Crippen LogP contribution in [0.2, 0.25) is 0 Å². The number of rotatable bonds is 12. The molecule has 0 fully saturated rings. The lowest BCUT2D eigenvalue weighted by Gasteiger charge is -2.11. The van der Waals surface area contributed by atoms with Crippen LogP contribution in [-0.4, -0.2) is 59.0 Å². The second-order valence-electron chi connectivity index (χ2n) is 9.66. The number of anilines is 2. The SMILES string of the molecule is CCn1nc(C)cc1C(=O)Nc1nc2ccccc2n1C/C=C/Cn1c(N)nc2cc(C(N)=O)cc(OCCCO)c21. The third-order valence-electron chi connectivity index (χ3n) is 6.74. The summed E-state index contributed by atoms with van der Waals surface area (Å²) in [6, 6.07) is 12.5. The lowest BCUT2D eigenvalue weighted by atomic mass is 10.1. The summed E-state index contributed by atoms with van der Waals surface area (Å²) in [5, 5.41) is 16.5. The summed E-state index contributed by atoms with van der Waals surface area (Å²) < 4.78 is 11.2. The van der Waals surface area contributed by atoms with Crippen LogP contribution in [0.25, 0.3) is 22.1 Å². The molecule has 0 spiro atoms. The van der Waals surface area contributed by atoms with Crippen molar-refractivity contribution >= 4 is 45.8 Å². The summed E-state index contributed by atoms with van der Waals surface area (Å²) in [7, 11) is 0. The molecular formula is C29H33N9O4. The first-order chi connectivity index (χ1) is 20.3. The van der Waals surface area contributed by atoms with Gasteiger partial charge in [0.15, 0.2) is 0 Å². The molecule has 0 aliphatic heterocycles. The number of ether oxygens (including phenoxy) is 1. The van der Waals surface area contributed by atoms with Crippen molar-refractivity contribution < 1.29 is 19.4 Å². The molecule has 5 rings (SSSR count). The molecular weight excluding hydrogens is 538 g/mol. The molecule has 218 valence electrons. The van der Waals surface area contributed by atoms with E-state index in [1.807, 2.05) is 54.8 Å². The predicted molar refractivity (Wildman–Crippen MR) is 159 cm³/mol. The van der Waals surface area contributed by atoms with Crippen molar-refractivity contribution in [3.05, 3.63) is 71.6 Å². The Labute approximate surface area is 241 Å². The van der Waals surface area contributed by atoms with Crippen molar-refractivity contribution in [3.63, 3.8) is 0 Å². The standard InChI is InChI=1S/C29H33N9O4/c1-3-38-23(15-18(2)35-38)27(41)34-29-33-20-9-4-5-10-22(20)36(29)11-6-7-12-37-25-21(32-28(37)31)16-19(26(30)40)17-24(25)42-14-8-13-39/h4-7,9-10,15-17,39H,3,8,11-14H2,1-2H3,(H2,30,40)(H2,31,32)(H,33,34,41)/b7-6+. The Balaban J connectivity index is 1.41. The summed E-state index contributed by atoms with van der Waals surface area (Å²) in [4.78, 5) is 34.1. The molecule has 5 aromatic rings. The first-order valence-corrected chi connectivity index (χ1v) is 13.6. The van der Waals surface area contributed by atoms with Gasteiger partial charge in [0.2, 0.25) is 17.8 Å². The maximum Gasteiger partial charge on any atom is 0.276 e. The normalized spacial score (nSPS) is 11.6. The van der Waals surface area contributed by atoms with Gasteiger partial charge in [-0.15, -0.1) is 0 Å². The zero-order valence-electron chi connectivity index (χ0n) is 23.4. The van der Waals surface area contributed by atoms with Crippen LogP contribution in [0, 0.1) is 6.92 Å². The number of carbonyl (C=O) groups is 2. The Kier molecular flexibility index (Phi) is 8.20. The number of hydrogen-bond donors (Lipinski definition) is 4. The highest BCUT2D eigenvalue weighted by Crippen LogP contribution is 2.30. The minimum atomic E-state index is -0.610. The first-order valence-electron chi connectivity index (χ1n) is 13.6. The number of para-hydroxylation sites is 2. The van der Waals surface area contributed by atoms with Crippen molar-refractivity contribution in [2.24, 2.45) is 5.73 Å². The molecule has 13 heteroatoms. The Morgan fingerprint density at radius 3 is 2.57 bits per heavy atom. The van der Waals surface area contributed by atoms with Gasteiger partial charge in [0.1, 0.15) is 17.0 Å².